The van der Waals surface area contributed by atoms with Gasteiger partial charge in [-0.05, 0) is 24.5 Å². The number of hydrogen-bond acceptors (Lipinski definition) is 3. The summed E-state index contributed by atoms with van der Waals surface area (Å²) in [6.45, 7) is 5.88. The lowest BCUT2D eigenvalue weighted by molar-refractivity contribution is 0.265. The maximum absolute atomic E-state index is 13.7. The van der Waals surface area contributed by atoms with Gasteiger partial charge in [-0.1, -0.05) is 13.8 Å². The monoisotopic (exact) mass is 254 g/mol. The zero-order chi connectivity index (χ0) is 13.5. The third kappa shape index (κ3) is 3.59. The third-order valence-electron chi connectivity index (χ3n) is 3.18. The van der Waals surface area contributed by atoms with E-state index in [1.807, 2.05) is 27.0 Å². The summed E-state index contributed by atoms with van der Waals surface area (Å²) in [7, 11) is 1.64. The molecule has 0 spiro atoms. The zero-order valence-corrected chi connectivity index (χ0v) is 11.7. The first-order chi connectivity index (χ1) is 8.63. The zero-order valence-electron chi connectivity index (χ0n) is 11.7. The van der Waals surface area contributed by atoms with Crippen LogP contribution in [0.1, 0.15) is 40.0 Å². The standard InChI is InChI=1S/C14H23FN2O/c1-5-11(15)7-12(14(6-2)18-4)13-8-16-9-17-10(13)3/h8-11H,5-7H2,1-4H3,(H,16,17)/b14-12-. The van der Waals surface area contributed by atoms with Gasteiger partial charge >= 0.3 is 0 Å². The number of nitrogens with one attached hydrogen (secondary N) is 1. The summed E-state index contributed by atoms with van der Waals surface area (Å²) in [6.07, 6.45) is 4.39. The van der Waals surface area contributed by atoms with E-state index in [0.717, 1.165) is 23.3 Å². The molecule has 0 amide bonds. The van der Waals surface area contributed by atoms with Crippen LogP contribution in [0, 0.1) is 0 Å². The minimum absolute atomic E-state index is 0.0435. The van der Waals surface area contributed by atoms with E-state index in [9.17, 15) is 4.39 Å². The Balaban J connectivity index is 3.04. The van der Waals surface area contributed by atoms with E-state index in [0.29, 0.717) is 12.8 Å². The molecule has 1 aliphatic rings. The van der Waals surface area contributed by atoms with Gasteiger partial charge in [0, 0.05) is 19.0 Å². The predicted molar refractivity (Wildman–Crippen MR) is 73.3 cm³/mol. The molecule has 1 N–H and O–H groups in total. The molecule has 0 aromatic carbocycles. The molecule has 18 heavy (non-hydrogen) atoms. The predicted octanol–water partition coefficient (Wildman–Crippen LogP) is 3.34. The summed E-state index contributed by atoms with van der Waals surface area (Å²) in [5.41, 5.74) is 1.97. The lowest BCUT2D eigenvalue weighted by Crippen LogP contribution is -2.20. The van der Waals surface area contributed by atoms with Gasteiger partial charge in [-0.3, -0.25) is 4.99 Å². The van der Waals surface area contributed by atoms with Crippen LogP contribution in [0.2, 0.25) is 0 Å². The molecular weight excluding hydrogens is 231 g/mol. The highest BCUT2D eigenvalue weighted by molar-refractivity contribution is 5.60. The number of allylic oxidation sites excluding steroid dienone is 1. The number of nitrogens with zero attached hydrogens (tertiary/aromatic N) is 1. The van der Waals surface area contributed by atoms with Gasteiger partial charge in [0.25, 0.3) is 0 Å². The molecule has 0 bridgehead atoms. The van der Waals surface area contributed by atoms with Crippen LogP contribution in [0.15, 0.2) is 28.1 Å². The summed E-state index contributed by atoms with van der Waals surface area (Å²) in [4.78, 5) is 4.30. The van der Waals surface area contributed by atoms with Crippen LogP contribution in [0.25, 0.3) is 0 Å². The molecule has 2 unspecified atom stereocenters. The number of aliphatic imine (C=N–C) groups is 1. The normalized spacial score (nSPS) is 21.8. The van der Waals surface area contributed by atoms with E-state index in [2.05, 4.69) is 10.3 Å². The van der Waals surface area contributed by atoms with Crippen LogP contribution in [0.3, 0.4) is 0 Å². The van der Waals surface area contributed by atoms with Crippen molar-refractivity contribution in [1.82, 2.24) is 5.32 Å². The fourth-order valence-electron chi connectivity index (χ4n) is 2.06. The van der Waals surface area contributed by atoms with Crippen molar-refractivity contribution in [2.24, 2.45) is 4.99 Å². The van der Waals surface area contributed by atoms with Crippen LogP contribution in [0.4, 0.5) is 4.39 Å². The van der Waals surface area contributed by atoms with E-state index < -0.39 is 6.17 Å². The van der Waals surface area contributed by atoms with Gasteiger partial charge in [-0.25, -0.2) is 4.39 Å². The van der Waals surface area contributed by atoms with E-state index >= 15 is 0 Å². The highest BCUT2D eigenvalue weighted by Gasteiger charge is 2.21. The average molecular weight is 254 g/mol. The first kappa shape index (κ1) is 14.7. The van der Waals surface area contributed by atoms with Gasteiger partial charge in [0.05, 0.1) is 25.2 Å². The molecule has 0 aliphatic carbocycles. The first-order valence-corrected chi connectivity index (χ1v) is 6.52. The summed E-state index contributed by atoms with van der Waals surface area (Å²) in [6, 6.07) is 0.0435. The number of methoxy groups -OCH3 is 1. The molecule has 102 valence electrons. The Morgan fingerprint density at radius 1 is 1.56 bits per heavy atom. The van der Waals surface area contributed by atoms with Crippen LogP contribution < -0.4 is 5.32 Å². The van der Waals surface area contributed by atoms with Crippen molar-refractivity contribution in [3.63, 3.8) is 0 Å². The number of halogens is 1. The molecule has 4 heteroatoms. The highest BCUT2D eigenvalue weighted by Crippen LogP contribution is 2.28. The van der Waals surface area contributed by atoms with E-state index in [4.69, 9.17) is 4.74 Å². The summed E-state index contributed by atoms with van der Waals surface area (Å²) in [5.74, 6) is 0.850. The fraction of sp³-hybridized carbons (Fsp3) is 0.643. The second kappa shape index (κ2) is 7.19. The van der Waals surface area contributed by atoms with Crippen LogP contribution in [-0.2, 0) is 4.74 Å². The van der Waals surface area contributed by atoms with E-state index in [1.165, 1.54) is 0 Å². The van der Waals surface area contributed by atoms with Gasteiger partial charge in [0.15, 0.2) is 0 Å². The topological polar surface area (TPSA) is 33.6 Å². The highest BCUT2D eigenvalue weighted by atomic mass is 19.1. The van der Waals surface area contributed by atoms with Gasteiger partial charge in [0.1, 0.15) is 6.17 Å². The van der Waals surface area contributed by atoms with Gasteiger partial charge in [-0.2, -0.15) is 0 Å². The summed E-state index contributed by atoms with van der Waals surface area (Å²) >= 11 is 0. The Bertz CT molecular complexity index is 355. The largest absolute Gasteiger partial charge is 0.501 e. The smallest absolute Gasteiger partial charge is 0.104 e. The Morgan fingerprint density at radius 2 is 2.28 bits per heavy atom. The van der Waals surface area contributed by atoms with E-state index in [1.54, 1.807) is 13.4 Å². The van der Waals surface area contributed by atoms with Crippen LogP contribution >= 0.6 is 0 Å². The van der Waals surface area contributed by atoms with Crippen molar-refractivity contribution in [1.29, 1.82) is 0 Å². The molecule has 1 rings (SSSR count). The quantitative estimate of drug-likeness (QED) is 0.738. The molecule has 0 aromatic rings. The number of alkyl halides is 1. The maximum atomic E-state index is 13.7. The van der Waals surface area contributed by atoms with Crippen LogP contribution in [0.5, 0.6) is 0 Å². The molecule has 0 saturated carbocycles. The lowest BCUT2D eigenvalue weighted by atomic mass is 9.93. The molecular formula is C14H23FN2O. The second-order valence-electron chi connectivity index (χ2n) is 4.39. The van der Waals surface area contributed by atoms with Crippen molar-refractivity contribution in [3.05, 3.63) is 23.1 Å². The molecule has 3 nitrogen and oxygen atoms in total. The molecule has 0 radical (unpaired) electrons. The van der Waals surface area contributed by atoms with Crippen molar-refractivity contribution >= 4 is 6.34 Å². The molecule has 0 saturated heterocycles. The van der Waals surface area contributed by atoms with Crippen molar-refractivity contribution < 1.29 is 9.13 Å². The van der Waals surface area contributed by atoms with Gasteiger partial charge < -0.3 is 10.1 Å². The Kier molecular flexibility index (Phi) is 5.89. The molecule has 1 heterocycles. The van der Waals surface area contributed by atoms with Crippen molar-refractivity contribution in [2.75, 3.05) is 7.11 Å². The van der Waals surface area contributed by atoms with Crippen molar-refractivity contribution in [3.8, 4) is 0 Å². The van der Waals surface area contributed by atoms with E-state index in [-0.39, 0.29) is 6.04 Å². The summed E-state index contributed by atoms with van der Waals surface area (Å²) < 4.78 is 19.1. The lowest BCUT2D eigenvalue weighted by Gasteiger charge is -2.22. The Morgan fingerprint density at radius 3 is 2.78 bits per heavy atom. The minimum atomic E-state index is -0.837. The Labute approximate surface area is 109 Å². The molecule has 0 aromatic heterocycles. The number of hydrogen-bond donors (Lipinski definition) is 1. The Hall–Kier alpha value is -1.32. The second-order valence-corrected chi connectivity index (χ2v) is 4.39. The minimum Gasteiger partial charge on any atom is -0.501 e. The van der Waals surface area contributed by atoms with Gasteiger partial charge in [-0.15, -0.1) is 0 Å². The SMILES string of the molecule is CC/C(OC)=C(\CC(F)CC)C1=CNC=NC1C. The first-order valence-electron chi connectivity index (χ1n) is 6.52. The van der Waals surface area contributed by atoms with Crippen molar-refractivity contribution in [2.45, 2.75) is 52.2 Å². The molecule has 0 fully saturated rings. The third-order valence-corrected chi connectivity index (χ3v) is 3.18. The molecule has 2 atom stereocenters. The van der Waals surface area contributed by atoms with Crippen LogP contribution in [-0.4, -0.2) is 25.7 Å². The van der Waals surface area contributed by atoms with Gasteiger partial charge in [0.2, 0.25) is 0 Å². The summed E-state index contributed by atoms with van der Waals surface area (Å²) in [5, 5.41) is 2.97. The number of rotatable bonds is 6. The molecule has 1 aliphatic heterocycles. The average Bonchev–Trinajstić information content (AvgIpc) is 2.39. The maximum Gasteiger partial charge on any atom is 0.104 e. The number of ether oxygens (including phenoxy) is 1. The fourth-order valence-corrected chi connectivity index (χ4v) is 2.06.